The molecular formula is C28H30N2O8. The molecule has 1 aliphatic rings. The van der Waals surface area contributed by atoms with Gasteiger partial charge in [0.2, 0.25) is 0 Å². The van der Waals surface area contributed by atoms with Crippen molar-refractivity contribution in [1.82, 2.24) is 5.32 Å². The van der Waals surface area contributed by atoms with Crippen LogP contribution in [0.1, 0.15) is 27.7 Å². The van der Waals surface area contributed by atoms with E-state index in [0.717, 1.165) is 0 Å². The largest absolute Gasteiger partial charge is 0.463 e. The molecule has 200 valence electrons. The van der Waals surface area contributed by atoms with Crippen molar-refractivity contribution in [2.24, 2.45) is 5.92 Å². The average Bonchev–Trinajstić information content (AvgIpc) is 2.88. The number of allylic oxidation sites excluding steroid dienone is 2. The van der Waals surface area contributed by atoms with Crippen molar-refractivity contribution >= 4 is 29.5 Å². The highest BCUT2D eigenvalue weighted by Gasteiger charge is 2.42. The molecule has 1 aliphatic heterocycles. The van der Waals surface area contributed by atoms with E-state index in [2.05, 4.69) is 10.6 Å². The van der Waals surface area contributed by atoms with Gasteiger partial charge >= 0.3 is 17.9 Å². The third-order valence-electron chi connectivity index (χ3n) is 5.45. The van der Waals surface area contributed by atoms with Crippen LogP contribution in [0.4, 0.5) is 5.69 Å². The van der Waals surface area contributed by atoms with Crippen LogP contribution in [0, 0.1) is 5.92 Å². The highest BCUT2D eigenvalue weighted by Crippen LogP contribution is 2.32. The van der Waals surface area contributed by atoms with E-state index in [4.69, 9.17) is 18.9 Å². The van der Waals surface area contributed by atoms with E-state index < -0.39 is 36.3 Å². The van der Waals surface area contributed by atoms with Crippen LogP contribution in [0.15, 0.2) is 77.1 Å². The average molecular weight is 523 g/mol. The Labute approximate surface area is 220 Å². The molecule has 0 saturated heterocycles. The Morgan fingerprint density at radius 2 is 1.29 bits per heavy atom. The summed E-state index contributed by atoms with van der Waals surface area (Å²) in [7, 11) is 0. The smallest absolute Gasteiger partial charge is 0.337 e. The van der Waals surface area contributed by atoms with Gasteiger partial charge in [-0.15, -0.1) is 0 Å². The highest BCUT2D eigenvalue weighted by molar-refractivity contribution is 6.06. The van der Waals surface area contributed by atoms with Gasteiger partial charge in [0.05, 0.1) is 24.4 Å². The van der Waals surface area contributed by atoms with Gasteiger partial charge < -0.3 is 29.6 Å². The van der Waals surface area contributed by atoms with Gasteiger partial charge in [-0.25, -0.2) is 9.59 Å². The number of esters is 3. The Hall–Kier alpha value is -4.60. The van der Waals surface area contributed by atoms with Gasteiger partial charge in [-0.2, -0.15) is 0 Å². The second-order valence-electron chi connectivity index (χ2n) is 8.17. The first-order valence-electron chi connectivity index (χ1n) is 12.1. The lowest BCUT2D eigenvalue weighted by atomic mass is 9.85. The first kappa shape index (κ1) is 28.0. The van der Waals surface area contributed by atoms with Crippen molar-refractivity contribution in [3.63, 3.8) is 0 Å². The number of benzene rings is 2. The van der Waals surface area contributed by atoms with E-state index in [1.165, 1.54) is 0 Å². The molecule has 1 heterocycles. The standard InChI is InChI=1S/C28H30N2O8/c1-5-35-26(32)23-17(3)29-18(4)24(27(33)36-6-2)25(23)28(34)37-16-22(31)30-19-12-14-21(15-13-19)38-20-10-8-7-9-11-20/h7-15,25,29H,5-6,16H2,1-4H3,(H,30,31). The molecule has 1 amide bonds. The molecule has 2 N–H and O–H groups in total. The van der Waals surface area contributed by atoms with E-state index in [-0.39, 0.29) is 24.4 Å². The van der Waals surface area contributed by atoms with E-state index in [1.54, 1.807) is 52.0 Å². The molecule has 2 aromatic carbocycles. The van der Waals surface area contributed by atoms with Crippen LogP contribution < -0.4 is 15.4 Å². The molecular weight excluding hydrogens is 492 g/mol. The fourth-order valence-electron chi connectivity index (χ4n) is 3.84. The molecule has 0 saturated carbocycles. The van der Waals surface area contributed by atoms with Crippen molar-refractivity contribution in [3.05, 3.63) is 77.1 Å². The summed E-state index contributed by atoms with van der Waals surface area (Å²) < 4.78 is 21.2. The molecule has 0 bridgehead atoms. The van der Waals surface area contributed by atoms with Crippen LogP contribution in [0.2, 0.25) is 0 Å². The van der Waals surface area contributed by atoms with E-state index in [1.807, 2.05) is 30.3 Å². The predicted octanol–water partition coefficient (Wildman–Crippen LogP) is 3.85. The highest BCUT2D eigenvalue weighted by atomic mass is 16.5. The summed E-state index contributed by atoms with van der Waals surface area (Å²) in [5.74, 6) is -3.30. The lowest BCUT2D eigenvalue weighted by Gasteiger charge is -2.28. The Kier molecular flexibility index (Phi) is 9.64. The minimum absolute atomic E-state index is 0.0619. The maximum absolute atomic E-state index is 13.2. The number of para-hydroxylation sites is 1. The summed E-state index contributed by atoms with van der Waals surface area (Å²) in [6, 6.07) is 15.9. The predicted molar refractivity (Wildman–Crippen MR) is 138 cm³/mol. The van der Waals surface area contributed by atoms with Crippen molar-refractivity contribution in [3.8, 4) is 11.5 Å². The van der Waals surface area contributed by atoms with Crippen LogP contribution in [0.5, 0.6) is 11.5 Å². The fourth-order valence-corrected chi connectivity index (χ4v) is 3.84. The number of carbonyl (C=O) groups is 4. The second-order valence-corrected chi connectivity index (χ2v) is 8.17. The molecule has 3 rings (SSSR count). The Morgan fingerprint density at radius 3 is 1.82 bits per heavy atom. The maximum Gasteiger partial charge on any atom is 0.337 e. The molecule has 2 aromatic rings. The van der Waals surface area contributed by atoms with Crippen LogP contribution in [0.3, 0.4) is 0 Å². The van der Waals surface area contributed by atoms with E-state index >= 15 is 0 Å². The van der Waals surface area contributed by atoms with E-state index in [9.17, 15) is 19.2 Å². The lowest BCUT2D eigenvalue weighted by molar-refractivity contribution is -0.153. The Bertz CT molecular complexity index is 1210. The molecule has 0 unspecified atom stereocenters. The maximum atomic E-state index is 13.2. The minimum Gasteiger partial charge on any atom is -0.463 e. The van der Waals surface area contributed by atoms with Gasteiger partial charge in [-0.3, -0.25) is 9.59 Å². The van der Waals surface area contributed by atoms with Gasteiger partial charge in [0, 0.05) is 17.1 Å². The Morgan fingerprint density at radius 1 is 0.763 bits per heavy atom. The number of hydrogen-bond donors (Lipinski definition) is 2. The van der Waals surface area contributed by atoms with Gasteiger partial charge in [-0.05, 0) is 64.1 Å². The monoisotopic (exact) mass is 522 g/mol. The number of ether oxygens (including phenoxy) is 4. The lowest BCUT2D eigenvalue weighted by Crippen LogP contribution is -2.39. The number of hydrogen-bond acceptors (Lipinski definition) is 9. The quantitative estimate of drug-likeness (QED) is 0.353. The molecule has 0 atom stereocenters. The zero-order valence-electron chi connectivity index (χ0n) is 21.7. The summed E-state index contributed by atoms with van der Waals surface area (Å²) in [6.07, 6.45) is 0. The van der Waals surface area contributed by atoms with Gasteiger partial charge in [0.25, 0.3) is 5.91 Å². The molecule has 0 fully saturated rings. The molecule has 0 aliphatic carbocycles. The first-order chi connectivity index (χ1) is 18.2. The number of anilines is 1. The third kappa shape index (κ3) is 7.00. The molecule has 10 heteroatoms. The Balaban J connectivity index is 1.69. The van der Waals surface area contributed by atoms with Crippen molar-refractivity contribution < 1.29 is 38.1 Å². The molecule has 10 nitrogen and oxygen atoms in total. The SMILES string of the molecule is CCOC(=O)C1=C(C)NC(C)=C(C(=O)OCC)C1C(=O)OCC(=O)Nc1ccc(Oc2ccccc2)cc1. The summed E-state index contributed by atoms with van der Waals surface area (Å²) in [6.45, 7) is 5.88. The number of rotatable bonds is 10. The van der Waals surface area contributed by atoms with Crippen molar-refractivity contribution in [2.75, 3.05) is 25.1 Å². The zero-order chi connectivity index (χ0) is 27.7. The van der Waals surface area contributed by atoms with E-state index in [0.29, 0.717) is 28.6 Å². The van der Waals surface area contributed by atoms with Crippen LogP contribution in [-0.2, 0) is 33.4 Å². The molecule has 0 spiro atoms. The molecule has 38 heavy (non-hydrogen) atoms. The topological polar surface area (TPSA) is 129 Å². The molecule has 0 aromatic heterocycles. The summed E-state index contributed by atoms with van der Waals surface area (Å²) in [4.78, 5) is 51.0. The summed E-state index contributed by atoms with van der Waals surface area (Å²) in [5, 5.41) is 5.55. The normalized spacial score (nSPS) is 13.4. The third-order valence-corrected chi connectivity index (χ3v) is 5.45. The van der Waals surface area contributed by atoms with Gasteiger partial charge in [-0.1, -0.05) is 18.2 Å². The number of dihydropyridines is 1. The zero-order valence-corrected chi connectivity index (χ0v) is 21.7. The first-order valence-corrected chi connectivity index (χ1v) is 12.1. The summed E-state index contributed by atoms with van der Waals surface area (Å²) in [5.41, 5.74) is 0.954. The molecule has 0 radical (unpaired) electrons. The fraction of sp³-hybridized carbons (Fsp3) is 0.286. The number of carbonyl (C=O) groups excluding carboxylic acids is 4. The number of nitrogens with one attached hydrogen (secondary N) is 2. The van der Waals surface area contributed by atoms with Gasteiger partial charge in [0.15, 0.2) is 6.61 Å². The van der Waals surface area contributed by atoms with Crippen molar-refractivity contribution in [2.45, 2.75) is 27.7 Å². The number of amides is 1. The summed E-state index contributed by atoms with van der Waals surface area (Å²) >= 11 is 0. The van der Waals surface area contributed by atoms with Crippen molar-refractivity contribution in [1.29, 1.82) is 0 Å². The van der Waals surface area contributed by atoms with Crippen LogP contribution in [0.25, 0.3) is 0 Å². The van der Waals surface area contributed by atoms with Crippen LogP contribution in [-0.4, -0.2) is 43.6 Å². The van der Waals surface area contributed by atoms with Crippen LogP contribution >= 0.6 is 0 Å². The van der Waals surface area contributed by atoms with Gasteiger partial charge in [0.1, 0.15) is 17.4 Å². The second kappa shape index (κ2) is 13.1. The minimum atomic E-state index is -1.42.